The average Bonchev–Trinajstić information content (AvgIpc) is 2.65. The van der Waals surface area contributed by atoms with Gasteiger partial charge in [0, 0.05) is 19.1 Å². The van der Waals surface area contributed by atoms with E-state index < -0.39 is 21.7 Å². The maximum atomic E-state index is 14.4. The van der Waals surface area contributed by atoms with Gasteiger partial charge in [-0.15, -0.1) is 0 Å². The highest BCUT2D eigenvalue weighted by Gasteiger charge is 2.28. The van der Waals surface area contributed by atoms with E-state index in [1.807, 2.05) is 18.2 Å². The SMILES string of the molecule is CC(C)NS(=O)(=O)c1ccc(F)c(C(=O)N(C)C2CCc3ccccc3C2)c1. The maximum absolute atomic E-state index is 14.4. The van der Waals surface area contributed by atoms with Crippen molar-refractivity contribution < 1.29 is 17.6 Å². The Labute approximate surface area is 165 Å². The van der Waals surface area contributed by atoms with Gasteiger partial charge in [-0.3, -0.25) is 4.79 Å². The molecule has 1 unspecified atom stereocenters. The summed E-state index contributed by atoms with van der Waals surface area (Å²) in [7, 11) is -2.16. The van der Waals surface area contributed by atoms with Gasteiger partial charge < -0.3 is 4.90 Å². The Bertz CT molecular complexity index is 989. The van der Waals surface area contributed by atoms with Gasteiger partial charge in [0.1, 0.15) is 5.82 Å². The largest absolute Gasteiger partial charge is 0.338 e. The number of nitrogens with one attached hydrogen (secondary N) is 1. The van der Waals surface area contributed by atoms with Crippen molar-refractivity contribution in [2.24, 2.45) is 0 Å². The van der Waals surface area contributed by atoms with Crippen LogP contribution in [0.1, 0.15) is 41.8 Å². The molecule has 0 aromatic heterocycles. The lowest BCUT2D eigenvalue weighted by Crippen LogP contribution is -2.41. The smallest absolute Gasteiger partial charge is 0.256 e. The van der Waals surface area contributed by atoms with Crippen LogP contribution >= 0.6 is 0 Å². The number of sulfonamides is 1. The summed E-state index contributed by atoms with van der Waals surface area (Å²) in [6, 6.07) is 11.1. The summed E-state index contributed by atoms with van der Waals surface area (Å²) < 4.78 is 41.6. The van der Waals surface area contributed by atoms with Crippen LogP contribution < -0.4 is 4.72 Å². The second-order valence-corrected chi connectivity index (χ2v) is 9.21. The highest BCUT2D eigenvalue weighted by molar-refractivity contribution is 7.89. The molecule has 1 aliphatic carbocycles. The molecule has 2 aromatic rings. The predicted molar refractivity (Wildman–Crippen MR) is 106 cm³/mol. The van der Waals surface area contributed by atoms with Gasteiger partial charge in [-0.05, 0) is 62.4 Å². The molecule has 2 aromatic carbocycles. The van der Waals surface area contributed by atoms with E-state index in [-0.39, 0.29) is 22.5 Å². The average molecular weight is 405 g/mol. The fraction of sp³-hybridized carbons (Fsp3) is 0.381. The molecule has 5 nitrogen and oxygen atoms in total. The number of nitrogens with zero attached hydrogens (tertiary/aromatic N) is 1. The van der Waals surface area contributed by atoms with E-state index in [1.165, 1.54) is 22.1 Å². The Hall–Kier alpha value is -2.25. The number of hydrogen-bond donors (Lipinski definition) is 1. The van der Waals surface area contributed by atoms with Gasteiger partial charge in [-0.1, -0.05) is 24.3 Å². The summed E-state index contributed by atoms with van der Waals surface area (Å²) in [5.41, 5.74) is 2.24. The number of carbonyl (C=O) groups excluding carboxylic acids is 1. The van der Waals surface area contributed by atoms with Gasteiger partial charge in [-0.2, -0.15) is 0 Å². The lowest BCUT2D eigenvalue weighted by molar-refractivity contribution is 0.0714. The summed E-state index contributed by atoms with van der Waals surface area (Å²) in [5.74, 6) is -1.24. The topological polar surface area (TPSA) is 66.5 Å². The Morgan fingerprint density at radius 1 is 1.18 bits per heavy atom. The zero-order valence-electron chi connectivity index (χ0n) is 16.3. The maximum Gasteiger partial charge on any atom is 0.256 e. The molecule has 0 bridgehead atoms. The minimum Gasteiger partial charge on any atom is -0.338 e. The molecular weight excluding hydrogens is 379 g/mol. The van der Waals surface area contributed by atoms with Crippen molar-refractivity contribution in [3.63, 3.8) is 0 Å². The first-order valence-corrected chi connectivity index (χ1v) is 10.8. The number of aryl methyl sites for hydroxylation is 1. The van der Waals surface area contributed by atoms with Crippen LogP contribution in [0.2, 0.25) is 0 Å². The third-order valence-corrected chi connectivity index (χ3v) is 6.71. The summed E-state index contributed by atoms with van der Waals surface area (Å²) in [6.45, 7) is 3.39. The number of fused-ring (bicyclic) bond motifs is 1. The van der Waals surface area contributed by atoms with E-state index in [2.05, 4.69) is 10.8 Å². The minimum atomic E-state index is -3.81. The fourth-order valence-corrected chi connectivity index (χ4v) is 4.86. The van der Waals surface area contributed by atoms with Crippen LogP contribution in [0, 0.1) is 5.82 Å². The van der Waals surface area contributed by atoms with Gasteiger partial charge in [-0.25, -0.2) is 17.5 Å². The molecule has 1 N–H and O–H groups in total. The van der Waals surface area contributed by atoms with Crippen LogP contribution in [0.25, 0.3) is 0 Å². The highest BCUT2D eigenvalue weighted by Crippen LogP contribution is 2.26. The zero-order valence-corrected chi connectivity index (χ0v) is 17.1. The lowest BCUT2D eigenvalue weighted by atomic mass is 9.87. The number of hydrogen-bond acceptors (Lipinski definition) is 3. The van der Waals surface area contributed by atoms with Gasteiger partial charge >= 0.3 is 0 Å². The zero-order chi connectivity index (χ0) is 20.5. The monoisotopic (exact) mass is 404 g/mol. The third-order valence-electron chi connectivity index (χ3n) is 5.06. The third kappa shape index (κ3) is 4.25. The van der Waals surface area contributed by atoms with Crippen LogP contribution in [-0.4, -0.2) is 38.4 Å². The Morgan fingerprint density at radius 3 is 2.54 bits per heavy atom. The second kappa shape index (κ2) is 8.01. The van der Waals surface area contributed by atoms with Crippen LogP contribution in [0.3, 0.4) is 0 Å². The van der Waals surface area contributed by atoms with Crippen molar-refractivity contribution in [2.75, 3.05) is 7.05 Å². The standard InChI is InChI=1S/C21H25FN2O3S/c1-14(2)23-28(26,27)18-10-11-20(22)19(13-18)21(25)24(3)17-9-8-15-6-4-5-7-16(15)12-17/h4-7,10-11,13-14,17,23H,8-9,12H2,1-3H3. The van der Waals surface area contributed by atoms with Crippen molar-refractivity contribution in [1.29, 1.82) is 0 Å². The van der Waals surface area contributed by atoms with Crippen molar-refractivity contribution in [3.8, 4) is 0 Å². The number of carbonyl (C=O) groups is 1. The number of amides is 1. The number of halogens is 1. The second-order valence-electron chi connectivity index (χ2n) is 7.50. The molecule has 0 heterocycles. The van der Waals surface area contributed by atoms with Crippen molar-refractivity contribution in [3.05, 3.63) is 65.0 Å². The number of likely N-dealkylation sites (N-methyl/N-ethyl adjacent to an activating group) is 1. The van der Waals surface area contributed by atoms with Crippen LogP contribution in [-0.2, 0) is 22.9 Å². The molecule has 0 saturated carbocycles. The molecule has 0 aliphatic heterocycles. The first kappa shape index (κ1) is 20.5. The van der Waals surface area contributed by atoms with Crippen LogP contribution in [0.15, 0.2) is 47.4 Å². The quantitative estimate of drug-likeness (QED) is 0.833. The normalized spacial score (nSPS) is 16.7. The Balaban J connectivity index is 1.85. The van der Waals surface area contributed by atoms with Crippen molar-refractivity contribution in [2.45, 2.75) is 50.1 Å². The van der Waals surface area contributed by atoms with Gasteiger partial charge in [0.25, 0.3) is 5.91 Å². The minimum absolute atomic E-state index is 0.0594. The molecule has 0 spiro atoms. The lowest BCUT2D eigenvalue weighted by Gasteiger charge is -2.32. The molecular formula is C21H25FN2O3S. The fourth-order valence-electron chi connectivity index (χ4n) is 3.58. The Morgan fingerprint density at radius 2 is 1.86 bits per heavy atom. The van der Waals surface area contributed by atoms with Gasteiger partial charge in [0.2, 0.25) is 10.0 Å². The molecule has 3 rings (SSSR count). The van der Waals surface area contributed by atoms with Gasteiger partial charge in [0.15, 0.2) is 0 Å². The summed E-state index contributed by atoms with van der Waals surface area (Å²) >= 11 is 0. The first-order valence-electron chi connectivity index (χ1n) is 9.35. The molecule has 1 atom stereocenters. The molecule has 7 heteroatoms. The summed E-state index contributed by atoms with van der Waals surface area (Å²) in [6.07, 6.45) is 2.34. The van der Waals surface area contributed by atoms with E-state index in [0.717, 1.165) is 25.0 Å². The summed E-state index contributed by atoms with van der Waals surface area (Å²) in [4.78, 5) is 14.4. The molecule has 0 fully saturated rings. The van der Waals surface area contributed by atoms with Gasteiger partial charge in [0.05, 0.1) is 10.5 Å². The molecule has 150 valence electrons. The first-order chi connectivity index (χ1) is 13.2. The highest BCUT2D eigenvalue weighted by atomic mass is 32.2. The predicted octanol–water partition coefficient (Wildman–Crippen LogP) is 3.14. The van der Waals surface area contributed by atoms with Crippen molar-refractivity contribution >= 4 is 15.9 Å². The van der Waals surface area contributed by atoms with Crippen LogP contribution in [0.4, 0.5) is 4.39 Å². The molecule has 1 aliphatic rings. The molecule has 0 radical (unpaired) electrons. The van der Waals surface area contributed by atoms with E-state index in [0.29, 0.717) is 6.42 Å². The molecule has 0 saturated heterocycles. The van der Waals surface area contributed by atoms with Crippen LogP contribution in [0.5, 0.6) is 0 Å². The summed E-state index contributed by atoms with van der Waals surface area (Å²) in [5, 5.41) is 0. The van der Waals surface area contributed by atoms with E-state index in [9.17, 15) is 17.6 Å². The van der Waals surface area contributed by atoms with E-state index in [1.54, 1.807) is 20.9 Å². The number of benzene rings is 2. The molecule has 1 amide bonds. The number of rotatable bonds is 5. The molecule has 28 heavy (non-hydrogen) atoms. The van der Waals surface area contributed by atoms with Crippen molar-refractivity contribution in [1.82, 2.24) is 9.62 Å². The Kier molecular flexibility index (Phi) is 5.86. The van der Waals surface area contributed by atoms with E-state index >= 15 is 0 Å². The van der Waals surface area contributed by atoms with E-state index in [4.69, 9.17) is 0 Å².